The molecule has 0 atom stereocenters. The lowest BCUT2D eigenvalue weighted by molar-refractivity contribution is 0.120. The van der Waals surface area contributed by atoms with Crippen LogP contribution in [0.2, 0.25) is 0 Å². The summed E-state index contributed by atoms with van der Waals surface area (Å²) in [6, 6.07) is 3.69. The third-order valence-electron chi connectivity index (χ3n) is 4.27. The Morgan fingerprint density at radius 3 is 2.20 bits per heavy atom. The second kappa shape index (κ2) is 15.8. The summed E-state index contributed by atoms with van der Waals surface area (Å²) in [4.78, 5) is 9.49. The highest BCUT2D eigenvalue weighted by atomic mass is 31.2. The van der Waals surface area contributed by atoms with E-state index < -0.39 is 7.82 Å². The summed E-state index contributed by atoms with van der Waals surface area (Å²) >= 11 is 0. The number of unbranched alkanes of at least 4 members (excludes halogenated alkanes) is 6. The number of phosphoric acid groups is 1. The fourth-order valence-electron chi connectivity index (χ4n) is 2.87. The van der Waals surface area contributed by atoms with Crippen molar-refractivity contribution in [3.8, 4) is 6.19 Å². The van der Waals surface area contributed by atoms with Crippen molar-refractivity contribution in [1.29, 1.82) is 5.26 Å². The van der Waals surface area contributed by atoms with Gasteiger partial charge in [-0.25, -0.2) is 4.57 Å². The SMILES string of the molecule is CCOP(=O)(OCC)OCCCCCCCCCN(C(N)=NC#N)c1ccncc1. The van der Waals surface area contributed by atoms with Gasteiger partial charge in [-0.2, -0.15) is 5.26 Å². The highest BCUT2D eigenvalue weighted by molar-refractivity contribution is 7.48. The van der Waals surface area contributed by atoms with Gasteiger partial charge in [-0.15, -0.1) is 4.99 Å². The molecule has 0 unspecified atom stereocenters. The minimum Gasteiger partial charge on any atom is -0.369 e. The first-order valence-electron chi connectivity index (χ1n) is 10.5. The zero-order chi connectivity index (χ0) is 22.1. The second-order valence-corrected chi connectivity index (χ2v) is 8.19. The number of pyridine rings is 1. The van der Waals surface area contributed by atoms with Crippen molar-refractivity contribution in [2.75, 3.05) is 31.3 Å². The minimum atomic E-state index is -3.39. The van der Waals surface area contributed by atoms with Crippen molar-refractivity contribution in [3.05, 3.63) is 24.5 Å². The fourth-order valence-corrected chi connectivity index (χ4v) is 4.08. The van der Waals surface area contributed by atoms with Crippen LogP contribution in [-0.4, -0.2) is 37.3 Å². The van der Waals surface area contributed by atoms with Crippen molar-refractivity contribution in [2.24, 2.45) is 10.7 Å². The summed E-state index contributed by atoms with van der Waals surface area (Å²) in [6.45, 7) is 5.18. The number of aliphatic imine (C=N–C) groups is 1. The average molecular weight is 439 g/mol. The zero-order valence-electron chi connectivity index (χ0n) is 18.0. The van der Waals surface area contributed by atoms with E-state index in [9.17, 15) is 4.57 Å². The summed E-state index contributed by atoms with van der Waals surface area (Å²) < 4.78 is 27.7. The number of guanidine groups is 1. The van der Waals surface area contributed by atoms with Crippen LogP contribution in [0.15, 0.2) is 29.5 Å². The molecule has 0 radical (unpaired) electrons. The molecular formula is C20H34N5O4P. The number of nitrogens with two attached hydrogens (primary N) is 1. The summed E-state index contributed by atoms with van der Waals surface area (Å²) in [5.74, 6) is 0.195. The maximum atomic E-state index is 12.2. The molecule has 0 aliphatic rings. The number of hydrogen-bond acceptors (Lipinski definition) is 7. The smallest absolute Gasteiger partial charge is 0.369 e. The third kappa shape index (κ3) is 10.7. The number of rotatable bonds is 16. The van der Waals surface area contributed by atoms with Crippen LogP contribution >= 0.6 is 7.82 Å². The van der Waals surface area contributed by atoms with E-state index in [0.29, 0.717) is 26.4 Å². The van der Waals surface area contributed by atoms with E-state index in [1.165, 1.54) is 0 Å². The highest BCUT2D eigenvalue weighted by Crippen LogP contribution is 2.49. The van der Waals surface area contributed by atoms with E-state index in [-0.39, 0.29) is 5.96 Å². The minimum absolute atomic E-state index is 0.195. The van der Waals surface area contributed by atoms with Crippen LogP contribution in [0.1, 0.15) is 58.8 Å². The molecule has 0 saturated carbocycles. The van der Waals surface area contributed by atoms with Crippen LogP contribution in [0.5, 0.6) is 0 Å². The lowest BCUT2D eigenvalue weighted by atomic mass is 10.1. The molecular weight excluding hydrogens is 405 g/mol. The first-order chi connectivity index (χ1) is 14.6. The van der Waals surface area contributed by atoms with Gasteiger partial charge < -0.3 is 10.6 Å². The van der Waals surface area contributed by atoms with E-state index in [0.717, 1.165) is 50.6 Å². The van der Waals surface area contributed by atoms with Gasteiger partial charge in [0.2, 0.25) is 12.2 Å². The number of aromatic nitrogens is 1. The lowest BCUT2D eigenvalue weighted by Crippen LogP contribution is -2.38. The van der Waals surface area contributed by atoms with Gasteiger partial charge in [0, 0.05) is 24.6 Å². The monoisotopic (exact) mass is 439 g/mol. The Kier molecular flexibility index (Phi) is 13.7. The zero-order valence-corrected chi connectivity index (χ0v) is 18.9. The van der Waals surface area contributed by atoms with E-state index in [2.05, 4.69) is 9.98 Å². The molecule has 0 aliphatic carbocycles. The molecule has 0 aliphatic heterocycles. The van der Waals surface area contributed by atoms with Crippen molar-refractivity contribution in [1.82, 2.24) is 4.98 Å². The molecule has 1 aromatic rings. The van der Waals surface area contributed by atoms with Gasteiger partial charge in [0.15, 0.2) is 0 Å². The van der Waals surface area contributed by atoms with E-state index >= 15 is 0 Å². The van der Waals surface area contributed by atoms with Crippen LogP contribution in [0.25, 0.3) is 0 Å². The standard InChI is InChI=1S/C20H34N5O4P/c1-3-27-30(26,28-4-2)29-17-11-9-7-5-6-8-10-16-25(20(22)24-18-21)19-12-14-23-15-13-19/h12-15H,3-11,16-17H2,1-2H3,(H2,22,24). The Balaban J connectivity index is 2.19. The molecule has 0 bridgehead atoms. The maximum absolute atomic E-state index is 12.2. The van der Waals surface area contributed by atoms with Crippen molar-refractivity contribution < 1.29 is 18.1 Å². The number of nitrogens with zero attached hydrogens (tertiary/aromatic N) is 4. The predicted molar refractivity (Wildman–Crippen MR) is 118 cm³/mol. The van der Waals surface area contributed by atoms with E-state index in [4.69, 9.17) is 24.6 Å². The van der Waals surface area contributed by atoms with Crippen LogP contribution < -0.4 is 10.6 Å². The van der Waals surface area contributed by atoms with Crippen LogP contribution in [0, 0.1) is 11.5 Å². The quantitative estimate of drug-likeness (QED) is 0.130. The number of nitriles is 1. The normalized spacial score (nSPS) is 12.0. The van der Waals surface area contributed by atoms with Crippen molar-refractivity contribution in [2.45, 2.75) is 58.8 Å². The first kappa shape index (κ1) is 26.1. The molecule has 0 amide bonds. The summed E-state index contributed by atoms with van der Waals surface area (Å²) in [5.41, 5.74) is 6.79. The summed E-state index contributed by atoms with van der Waals surface area (Å²) in [5, 5.41) is 8.77. The van der Waals surface area contributed by atoms with Crippen LogP contribution in [0.4, 0.5) is 5.69 Å². The Morgan fingerprint density at radius 1 is 1.07 bits per heavy atom. The number of hydrogen-bond donors (Lipinski definition) is 1. The highest BCUT2D eigenvalue weighted by Gasteiger charge is 2.24. The molecule has 9 nitrogen and oxygen atoms in total. The molecule has 30 heavy (non-hydrogen) atoms. The Hall–Kier alpha value is -1.98. The number of phosphoric ester groups is 1. The Labute approximate surface area is 179 Å². The molecule has 1 rings (SSSR count). The first-order valence-corrected chi connectivity index (χ1v) is 12.0. The third-order valence-corrected chi connectivity index (χ3v) is 5.91. The molecule has 168 valence electrons. The van der Waals surface area contributed by atoms with Gasteiger partial charge in [0.05, 0.1) is 19.8 Å². The van der Waals surface area contributed by atoms with Crippen molar-refractivity contribution >= 4 is 19.5 Å². The molecule has 10 heteroatoms. The van der Waals surface area contributed by atoms with Crippen molar-refractivity contribution in [3.63, 3.8) is 0 Å². The van der Waals surface area contributed by atoms with Gasteiger partial charge >= 0.3 is 7.82 Å². The lowest BCUT2D eigenvalue weighted by Gasteiger charge is -2.22. The van der Waals surface area contributed by atoms with Gasteiger partial charge in [0.25, 0.3) is 0 Å². The molecule has 2 N–H and O–H groups in total. The summed E-state index contributed by atoms with van der Waals surface area (Å²) in [7, 11) is -3.39. The molecule has 0 saturated heterocycles. The van der Waals surface area contributed by atoms with E-state index in [1.54, 1.807) is 32.4 Å². The maximum Gasteiger partial charge on any atom is 0.474 e. The summed E-state index contributed by atoms with van der Waals surface area (Å²) in [6.07, 6.45) is 12.2. The molecule has 0 fully saturated rings. The van der Waals surface area contributed by atoms with Crippen LogP contribution in [-0.2, 0) is 18.1 Å². The van der Waals surface area contributed by atoms with Gasteiger partial charge in [-0.3, -0.25) is 18.6 Å². The Morgan fingerprint density at radius 2 is 1.63 bits per heavy atom. The second-order valence-electron chi connectivity index (χ2n) is 6.52. The molecule has 0 spiro atoms. The predicted octanol–water partition coefficient (Wildman–Crippen LogP) is 4.61. The van der Waals surface area contributed by atoms with Gasteiger partial charge in [0.1, 0.15) is 0 Å². The van der Waals surface area contributed by atoms with Gasteiger partial charge in [-0.05, 0) is 38.8 Å². The van der Waals surface area contributed by atoms with Gasteiger partial charge in [-0.1, -0.05) is 32.1 Å². The van der Waals surface area contributed by atoms with E-state index in [1.807, 2.05) is 17.0 Å². The number of anilines is 1. The molecule has 0 aromatic carbocycles. The van der Waals surface area contributed by atoms with Crippen LogP contribution in [0.3, 0.4) is 0 Å². The largest absolute Gasteiger partial charge is 0.474 e. The average Bonchev–Trinajstić information content (AvgIpc) is 2.73. The Bertz CT molecular complexity index is 686. The topological polar surface area (TPSA) is 123 Å². The fraction of sp³-hybridized carbons (Fsp3) is 0.650. The molecule has 1 heterocycles. The molecule has 1 aromatic heterocycles.